The van der Waals surface area contributed by atoms with Crippen LogP contribution in [-0.4, -0.2) is 52.0 Å². The quantitative estimate of drug-likeness (QED) is 0.833. The van der Waals surface area contributed by atoms with Crippen molar-refractivity contribution in [3.05, 3.63) is 12.4 Å². The summed E-state index contributed by atoms with van der Waals surface area (Å²) < 4.78 is 12.0. The molecule has 0 aliphatic carbocycles. The third-order valence-electron chi connectivity index (χ3n) is 5.23. The molecule has 0 unspecified atom stereocenters. The maximum atomic E-state index is 11.4. The van der Waals surface area contributed by atoms with Crippen molar-refractivity contribution in [1.29, 1.82) is 0 Å². The van der Waals surface area contributed by atoms with Crippen LogP contribution >= 0.6 is 0 Å². The molecule has 2 saturated heterocycles. The molecule has 3 rings (SSSR count). The number of piperidine rings is 1. The van der Waals surface area contributed by atoms with Gasteiger partial charge in [-0.2, -0.15) is 0 Å². The van der Waals surface area contributed by atoms with Crippen LogP contribution in [0, 0.1) is 0 Å². The van der Waals surface area contributed by atoms with E-state index in [9.17, 15) is 9.90 Å². The van der Waals surface area contributed by atoms with Crippen molar-refractivity contribution in [2.45, 2.75) is 64.2 Å². The summed E-state index contributed by atoms with van der Waals surface area (Å²) in [5.74, 6) is -0.379. The number of rotatable bonds is 3. The van der Waals surface area contributed by atoms with Crippen LogP contribution in [0.3, 0.4) is 0 Å². The highest BCUT2D eigenvalue weighted by molar-refractivity contribution is 6.61. The molecule has 0 amide bonds. The first kappa shape index (κ1) is 17.2. The first-order valence-corrected chi connectivity index (χ1v) is 8.38. The van der Waals surface area contributed by atoms with Gasteiger partial charge in [-0.3, -0.25) is 0 Å². The molecule has 0 spiro atoms. The summed E-state index contributed by atoms with van der Waals surface area (Å²) in [5, 5.41) is 9.38. The molecule has 7 nitrogen and oxygen atoms in total. The van der Waals surface area contributed by atoms with Gasteiger partial charge in [0.15, 0.2) is 0 Å². The zero-order chi connectivity index (χ0) is 17.5. The Morgan fingerprint density at radius 2 is 1.79 bits per heavy atom. The Kier molecular flexibility index (Phi) is 4.29. The smallest absolute Gasteiger partial charge is 0.480 e. The van der Waals surface area contributed by atoms with Gasteiger partial charge < -0.3 is 19.3 Å². The number of carbonyl (C=O) groups is 1. The summed E-state index contributed by atoms with van der Waals surface area (Å²) in [6.45, 7) is 8.63. The molecule has 0 aromatic carbocycles. The van der Waals surface area contributed by atoms with E-state index < -0.39 is 30.3 Å². The van der Waals surface area contributed by atoms with Gasteiger partial charge >= 0.3 is 13.1 Å². The second-order valence-corrected chi connectivity index (χ2v) is 7.45. The summed E-state index contributed by atoms with van der Waals surface area (Å²) in [7, 11) is -0.513. The van der Waals surface area contributed by atoms with Crippen LogP contribution in [0.4, 0.5) is 5.95 Å². The standard InChI is InChI=1S/C16H24BN3O4/c1-15(2)16(3,4)24-17(23-15)11-9-18-14(19-10-11)20-8-6-5-7-12(20)13(21)22/h9-10,12H,5-8H2,1-4H3,(H,21,22)/t12-/m1/s1. The highest BCUT2D eigenvalue weighted by Crippen LogP contribution is 2.36. The minimum absolute atomic E-state index is 0.419. The van der Waals surface area contributed by atoms with Crippen molar-refractivity contribution >= 4 is 24.5 Å². The summed E-state index contributed by atoms with van der Waals surface area (Å²) in [6.07, 6.45) is 5.82. The van der Waals surface area contributed by atoms with Crippen LogP contribution in [0.1, 0.15) is 47.0 Å². The molecule has 1 aromatic heterocycles. The van der Waals surface area contributed by atoms with Gasteiger partial charge in [-0.1, -0.05) is 0 Å². The van der Waals surface area contributed by atoms with E-state index >= 15 is 0 Å². The van der Waals surface area contributed by atoms with Crippen LogP contribution < -0.4 is 10.4 Å². The van der Waals surface area contributed by atoms with Crippen molar-refractivity contribution in [2.24, 2.45) is 0 Å². The van der Waals surface area contributed by atoms with Crippen LogP contribution in [0.5, 0.6) is 0 Å². The molecule has 8 heteroatoms. The summed E-state index contributed by atoms with van der Waals surface area (Å²) >= 11 is 0. The van der Waals surface area contributed by atoms with E-state index in [1.165, 1.54) is 0 Å². The van der Waals surface area contributed by atoms with Crippen molar-refractivity contribution in [3.63, 3.8) is 0 Å². The van der Waals surface area contributed by atoms with Crippen molar-refractivity contribution in [3.8, 4) is 0 Å². The Balaban J connectivity index is 1.78. The third-order valence-corrected chi connectivity index (χ3v) is 5.23. The number of aromatic nitrogens is 2. The van der Waals surface area contributed by atoms with E-state index in [-0.39, 0.29) is 0 Å². The first-order chi connectivity index (χ1) is 11.2. The number of anilines is 1. The maximum absolute atomic E-state index is 11.4. The monoisotopic (exact) mass is 333 g/mol. The lowest BCUT2D eigenvalue weighted by Crippen LogP contribution is -2.46. The van der Waals surface area contributed by atoms with E-state index in [1.807, 2.05) is 27.7 Å². The summed E-state index contributed by atoms with van der Waals surface area (Å²) in [4.78, 5) is 21.9. The average Bonchev–Trinajstić information content (AvgIpc) is 2.75. The molecule has 1 aromatic rings. The molecule has 1 atom stereocenters. The van der Waals surface area contributed by atoms with Gasteiger partial charge in [-0.05, 0) is 47.0 Å². The van der Waals surface area contributed by atoms with Gasteiger partial charge in [0.25, 0.3) is 0 Å². The van der Waals surface area contributed by atoms with Gasteiger partial charge in [0.2, 0.25) is 5.95 Å². The Morgan fingerprint density at radius 3 is 2.33 bits per heavy atom. The molecule has 130 valence electrons. The second-order valence-electron chi connectivity index (χ2n) is 7.45. The molecule has 0 saturated carbocycles. The van der Waals surface area contributed by atoms with Crippen LogP contribution in [0.2, 0.25) is 0 Å². The lowest BCUT2D eigenvalue weighted by molar-refractivity contribution is -0.139. The molecule has 1 N–H and O–H groups in total. The normalized spacial score (nSPS) is 25.8. The Bertz CT molecular complexity index is 604. The van der Waals surface area contributed by atoms with Crippen molar-refractivity contribution in [1.82, 2.24) is 9.97 Å². The van der Waals surface area contributed by atoms with Crippen LogP contribution in [-0.2, 0) is 14.1 Å². The fourth-order valence-electron chi connectivity index (χ4n) is 3.01. The van der Waals surface area contributed by atoms with Crippen LogP contribution in [0.25, 0.3) is 0 Å². The summed E-state index contributed by atoms with van der Waals surface area (Å²) in [6, 6.07) is -0.554. The Labute approximate surface area is 142 Å². The van der Waals surface area contributed by atoms with Gasteiger partial charge in [0.1, 0.15) is 6.04 Å². The average molecular weight is 333 g/mol. The topological polar surface area (TPSA) is 84.8 Å². The number of aliphatic carboxylic acids is 1. The molecule has 3 heterocycles. The molecule has 2 fully saturated rings. The number of hydrogen-bond acceptors (Lipinski definition) is 6. The Morgan fingerprint density at radius 1 is 1.21 bits per heavy atom. The predicted molar refractivity (Wildman–Crippen MR) is 90.4 cm³/mol. The van der Waals surface area contributed by atoms with E-state index in [2.05, 4.69) is 9.97 Å². The first-order valence-electron chi connectivity index (χ1n) is 8.38. The maximum Gasteiger partial charge on any atom is 0.498 e. The molecular formula is C16H24BN3O4. The molecule has 2 aliphatic rings. The van der Waals surface area contributed by atoms with E-state index in [0.29, 0.717) is 18.9 Å². The highest BCUT2D eigenvalue weighted by atomic mass is 16.7. The third kappa shape index (κ3) is 3.00. The summed E-state index contributed by atoms with van der Waals surface area (Å²) in [5.41, 5.74) is -0.101. The SMILES string of the molecule is CC1(C)OB(c2cnc(N3CCCC[C@@H]3C(=O)O)nc2)OC1(C)C. The molecular weight excluding hydrogens is 309 g/mol. The second kappa shape index (κ2) is 6.00. The van der Waals surface area contributed by atoms with Crippen molar-refractivity contribution in [2.75, 3.05) is 11.4 Å². The predicted octanol–water partition coefficient (Wildman–Crippen LogP) is 1.22. The zero-order valence-corrected chi connectivity index (χ0v) is 14.7. The van der Waals surface area contributed by atoms with Crippen LogP contribution in [0.15, 0.2) is 12.4 Å². The zero-order valence-electron chi connectivity index (χ0n) is 14.7. The van der Waals surface area contributed by atoms with E-state index in [4.69, 9.17) is 9.31 Å². The largest absolute Gasteiger partial charge is 0.498 e. The minimum atomic E-state index is -0.826. The highest BCUT2D eigenvalue weighted by Gasteiger charge is 2.52. The molecule has 2 aliphatic heterocycles. The van der Waals surface area contributed by atoms with E-state index in [1.54, 1.807) is 17.3 Å². The fourth-order valence-corrected chi connectivity index (χ4v) is 3.01. The van der Waals surface area contributed by atoms with Gasteiger partial charge in [0.05, 0.1) is 11.2 Å². The lowest BCUT2D eigenvalue weighted by Gasteiger charge is -2.32. The minimum Gasteiger partial charge on any atom is -0.480 e. The fraction of sp³-hybridized carbons (Fsp3) is 0.688. The van der Waals surface area contributed by atoms with Gasteiger partial charge in [-0.15, -0.1) is 0 Å². The number of nitrogens with zero attached hydrogens (tertiary/aromatic N) is 3. The lowest BCUT2D eigenvalue weighted by atomic mass is 9.81. The van der Waals surface area contributed by atoms with Crippen molar-refractivity contribution < 1.29 is 19.2 Å². The molecule has 0 bridgehead atoms. The molecule has 0 radical (unpaired) electrons. The Hall–Kier alpha value is -1.67. The van der Waals surface area contributed by atoms with Gasteiger partial charge in [0, 0.05) is 24.4 Å². The molecule has 24 heavy (non-hydrogen) atoms. The van der Waals surface area contributed by atoms with Gasteiger partial charge in [-0.25, -0.2) is 14.8 Å². The van der Waals surface area contributed by atoms with E-state index in [0.717, 1.165) is 18.3 Å². The number of hydrogen-bond donors (Lipinski definition) is 1. The number of carboxylic acid groups (broad SMARTS) is 1. The number of carboxylic acids is 1.